The Morgan fingerprint density at radius 2 is 2.29 bits per heavy atom. The van der Waals surface area contributed by atoms with Crippen molar-refractivity contribution in [3.05, 3.63) is 34.4 Å². The largest absolute Gasteiger partial charge is 0.383 e. The Balaban J connectivity index is 2.13. The summed E-state index contributed by atoms with van der Waals surface area (Å²) in [5, 5.41) is 7.23. The van der Waals surface area contributed by atoms with Crippen LogP contribution in [0.5, 0.6) is 0 Å². The fourth-order valence-electron chi connectivity index (χ4n) is 2.01. The first kappa shape index (κ1) is 16.1. The van der Waals surface area contributed by atoms with E-state index in [-0.39, 0.29) is 11.9 Å². The molecule has 21 heavy (non-hydrogen) atoms. The monoisotopic (exact) mass is 357 g/mol. The Morgan fingerprint density at radius 1 is 1.48 bits per heavy atom. The zero-order chi connectivity index (χ0) is 15.2. The highest BCUT2D eigenvalue weighted by Crippen LogP contribution is 2.26. The van der Waals surface area contributed by atoms with E-state index in [1.165, 1.54) is 12.1 Å². The minimum Gasteiger partial charge on any atom is -0.383 e. The molecule has 1 atom stereocenters. The van der Waals surface area contributed by atoms with Gasteiger partial charge in [-0.15, -0.1) is 0 Å². The lowest BCUT2D eigenvalue weighted by atomic mass is 10.2. The number of rotatable bonds is 7. The number of likely N-dealkylation sites (N-methyl/N-ethyl adjacent to an activating group) is 1. The average Bonchev–Trinajstić information content (AvgIpc) is 2.87. The standard InChI is InChI=1S/C14H17BrFN3O2/c1-3-17-10(8-20-2)7-13-18-14(19-21-13)11-5-4-9(16)6-12(11)15/h4-6,10,17H,3,7-8H2,1-2H3. The van der Waals surface area contributed by atoms with Gasteiger partial charge >= 0.3 is 0 Å². The first-order valence-corrected chi connectivity index (χ1v) is 7.43. The second-order valence-electron chi connectivity index (χ2n) is 4.55. The summed E-state index contributed by atoms with van der Waals surface area (Å²) in [4.78, 5) is 4.35. The minimum absolute atomic E-state index is 0.116. The molecule has 7 heteroatoms. The van der Waals surface area contributed by atoms with Gasteiger partial charge in [-0.25, -0.2) is 4.39 Å². The van der Waals surface area contributed by atoms with Crippen molar-refractivity contribution in [2.24, 2.45) is 0 Å². The molecule has 0 radical (unpaired) electrons. The van der Waals surface area contributed by atoms with Crippen molar-refractivity contribution < 1.29 is 13.7 Å². The van der Waals surface area contributed by atoms with Gasteiger partial charge < -0.3 is 14.6 Å². The molecule has 0 spiro atoms. The third kappa shape index (κ3) is 4.33. The molecule has 0 fully saturated rings. The van der Waals surface area contributed by atoms with Crippen molar-refractivity contribution >= 4 is 15.9 Å². The summed E-state index contributed by atoms with van der Waals surface area (Å²) >= 11 is 3.30. The first-order valence-electron chi connectivity index (χ1n) is 6.64. The zero-order valence-corrected chi connectivity index (χ0v) is 13.5. The average molecular weight is 358 g/mol. The van der Waals surface area contributed by atoms with Crippen LogP contribution in [0, 0.1) is 5.82 Å². The number of aromatic nitrogens is 2. The van der Waals surface area contributed by atoms with E-state index < -0.39 is 0 Å². The van der Waals surface area contributed by atoms with Crippen molar-refractivity contribution in [3.8, 4) is 11.4 Å². The van der Waals surface area contributed by atoms with Crippen LogP contribution in [-0.4, -0.2) is 36.4 Å². The van der Waals surface area contributed by atoms with Crippen LogP contribution >= 0.6 is 15.9 Å². The van der Waals surface area contributed by atoms with Gasteiger partial charge in [0.2, 0.25) is 11.7 Å². The molecule has 1 aromatic carbocycles. The summed E-state index contributed by atoms with van der Waals surface area (Å²) in [6, 6.07) is 4.47. The second-order valence-corrected chi connectivity index (χ2v) is 5.40. The Morgan fingerprint density at radius 3 is 2.95 bits per heavy atom. The molecule has 0 saturated heterocycles. The van der Waals surface area contributed by atoms with Crippen LogP contribution in [0.1, 0.15) is 12.8 Å². The number of nitrogens with one attached hydrogen (secondary N) is 1. The third-order valence-electron chi connectivity index (χ3n) is 2.92. The summed E-state index contributed by atoms with van der Waals surface area (Å²) in [7, 11) is 1.65. The van der Waals surface area contributed by atoms with Crippen molar-refractivity contribution in [2.45, 2.75) is 19.4 Å². The lowest BCUT2D eigenvalue weighted by Crippen LogP contribution is -2.35. The molecule has 1 N–H and O–H groups in total. The van der Waals surface area contributed by atoms with E-state index in [0.717, 1.165) is 6.54 Å². The fourth-order valence-corrected chi connectivity index (χ4v) is 2.54. The topological polar surface area (TPSA) is 60.2 Å². The minimum atomic E-state index is -0.318. The smallest absolute Gasteiger partial charge is 0.228 e. The van der Waals surface area contributed by atoms with Crippen LogP contribution in [0.2, 0.25) is 0 Å². The van der Waals surface area contributed by atoms with Crippen LogP contribution in [0.4, 0.5) is 4.39 Å². The van der Waals surface area contributed by atoms with Crippen molar-refractivity contribution in [3.63, 3.8) is 0 Å². The van der Waals surface area contributed by atoms with E-state index in [1.807, 2.05) is 6.92 Å². The van der Waals surface area contributed by atoms with Gasteiger partial charge in [-0.2, -0.15) is 4.98 Å². The number of benzene rings is 1. The summed E-state index contributed by atoms with van der Waals surface area (Å²) in [5.41, 5.74) is 0.693. The highest BCUT2D eigenvalue weighted by atomic mass is 79.9. The van der Waals surface area contributed by atoms with Crippen LogP contribution in [-0.2, 0) is 11.2 Å². The van der Waals surface area contributed by atoms with Crippen molar-refractivity contribution in [1.29, 1.82) is 0 Å². The van der Waals surface area contributed by atoms with Crippen LogP contribution in [0.15, 0.2) is 27.2 Å². The lowest BCUT2D eigenvalue weighted by molar-refractivity contribution is 0.162. The summed E-state index contributed by atoms with van der Waals surface area (Å²) < 4.78 is 24.1. The molecular formula is C14H17BrFN3O2. The summed E-state index contributed by atoms with van der Waals surface area (Å²) in [6.07, 6.45) is 0.577. The molecule has 5 nitrogen and oxygen atoms in total. The molecular weight excluding hydrogens is 341 g/mol. The Bertz CT molecular complexity index is 585. The van der Waals surface area contributed by atoms with E-state index in [9.17, 15) is 4.39 Å². The van der Waals surface area contributed by atoms with Gasteiger partial charge in [0.05, 0.1) is 6.61 Å². The van der Waals surface area contributed by atoms with Crippen LogP contribution in [0.3, 0.4) is 0 Å². The predicted octanol–water partition coefficient (Wildman–Crippen LogP) is 2.81. The molecule has 114 valence electrons. The second kappa shape index (κ2) is 7.63. The first-order chi connectivity index (χ1) is 10.1. The predicted molar refractivity (Wildman–Crippen MR) is 80.4 cm³/mol. The molecule has 0 saturated carbocycles. The SMILES string of the molecule is CCNC(COC)Cc1nc(-c2ccc(F)cc2Br)no1. The number of nitrogens with zero attached hydrogens (tertiary/aromatic N) is 2. The normalized spacial score (nSPS) is 12.6. The van der Waals surface area contributed by atoms with E-state index in [4.69, 9.17) is 9.26 Å². The Hall–Kier alpha value is -1.31. The number of hydrogen-bond acceptors (Lipinski definition) is 5. The molecule has 0 amide bonds. The molecule has 0 aliphatic rings. The van der Waals surface area contributed by atoms with E-state index in [0.29, 0.717) is 34.8 Å². The van der Waals surface area contributed by atoms with E-state index in [1.54, 1.807) is 13.2 Å². The van der Waals surface area contributed by atoms with Gasteiger partial charge in [0.1, 0.15) is 5.82 Å². The molecule has 1 heterocycles. The molecule has 2 aromatic rings. The molecule has 1 unspecified atom stereocenters. The summed E-state index contributed by atoms with van der Waals surface area (Å²) in [5.74, 6) is 0.635. The van der Waals surface area contributed by atoms with Gasteiger partial charge in [-0.1, -0.05) is 12.1 Å². The fraction of sp³-hybridized carbons (Fsp3) is 0.429. The maximum Gasteiger partial charge on any atom is 0.228 e. The van der Waals surface area contributed by atoms with Crippen molar-refractivity contribution in [1.82, 2.24) is 15.5 Å². The van der Waals surface area contributed by atoms with Gasteiger partial charge in [-0.3, -0.25) is 0 Å². The summed E-state index contributed by atoms with van der Waals surface area (Å²) in [6.45, 7) is 3.42. The lowest BCUT2D eigenvalue weighted by Gasteiger charge is -2.14. The highest BCUT2D eigenvalue weighted by molar-refractivity contribution is 9.10. The number of methoxy groups -OCH3 is 1. The Labute approximate surface area is 131 Å². The molecule has 1 aromatic heterocycles. The van der Waals surface area contributed by atoms with E-state index >= 15 is 0 Å². The van der Waals surface area contributed by atoms with Gasteiger partial charge in [0, 0.05) is 29.6 Å². The molecule has 0 aliphatic carbocycles. The van der Waals surface area contributed by atoms with Gasteiger partial charge in [0.15, 0.2) is 0 Å². The van der Waals surface area contributed by atoms with E-state index in [2.05, 4.69) is 31.4 Å². The quantitative estimate of drug-likeness (QED) is 0.825. The number of ether oxygens (including phenoxy) is 1. The van der Waals surface area contributed by atoms with Crippen LogP contribution in [0.25, 0.3) is 11.4 Å². The molecule has 0 bridgehead atoms. The van der Waals surface area contributed by atoms with Gasteiger partial charge in [-0.05, 0) is 40.7 Å². The number of hydrogen-bond donors (Lipinski definition) is 1. The maximum atomic E-state index is 13.1. The third-order valence-corrected chi connectivity index (χ3v) is 3.58. The van der Waals surface area contributed by atoms with Crippen LogP contribution < -0.4 is 5.32 Å². The van der Waals surface area contributed by atoms with Gasteiger partial charge in [0.25, 0.3) is 0 Å². The zero-order valence-electron chi connectivity index (χ0n) is 11.9. The maximum absolute atomic E-state index is 13.1. The Kier molecular flexibility index (Phi) is 5.84. The highest BCUT2D eigenvalue weighted by Gasteiger charge is 2.16. The van der Waals surface area contributed by atoms with Crippen molar-refractivity contribution in [2.75, 3.05) is 20.3 Å². The molecule has 0 aliphatic heterocycles. The molecule has 2 rings (SSSR count). The number of halogens is 2.